The fourth-order valence-corrected chi connectivity index (χ4v) is 2.63. The highest BCUT2D eigenvalue weighted by atomic mass is 16.7. The average molecular weight is 384 g/mol. The van der Waals surface area contributed by atoms with Crippen molar-refractivity contribution < 1.29 is 64.3 Å². The van der Waals surface area contributed by atoms with Gasteiger partial charge in [-0.25, -0.2) is 9.59 Å². The molecule has 0 amide bonds. The molecule has 0 bridgehead atoms. The van der Waals surface area contributed by atoms with Gasteiger partial charge in [0.2, 0.25) is 0 Å². The zero-order valence-electron chi connectivity index (χ0n) is 13.4. The molecular weight excluding hydrogens is 364 g/mol. The Balaban J connectivity index is 2.24. The quantitative estimate of drug-likeness (QED) is 0.226. The number of carbonyl (C=O) groups is 2. The van der Waals surface area contributed by atoms with Crippen LogP contribution in [0.4, 0.5) is 0 Å². The third-order valence-electron chi connectivity index (χ3n) is 4.10. The smallest absolute Gasteiger partial charge is 0.337 e. The number of hydrogen-bond acceptors (Lipinski definition) is 12. The number of carbonyl (C=O) groups excluding carboxylic acids is 1. The Kier molecular flexibility index (Phi) is 6.49. The molecule has 2 aliphatic rings. The minimum atomic E-state index is -1.98. The van der Waals surface area contributed by atoms with Crippen LogP contribution in [0.25, 0.3) is 0 Å². The Morgan fingerprint density at radius 2 is 1.42 bits per heavy atom. The Labute approximate surface area is 145 Å². The van der Waals surface area contributed by atoms with Gasteiger partial charge in [-0.05, 0) is 0 Å². The molecule has 13 nitrogen and oxygen atoms in total. The Hall–Kier alpha value is -1.42. The molecule has 0 unspecified atom stereocenters. The standard InChI is InChI=1S/C13H20O13/c1-23-12(22)9-7(4(16)5(17)11(21)24-9)25-13-6(18)2(14)3(15)8(26-13)10(19)20/h2-9,11,13-18,21H,1H3,(H,19,20)/t2-,3+,4+,5+,6+,7+,8-,9-,11+,13-/m0/s1. The van der Waals surface area contributed by atoms with Crippen LogP contribution in [-0.2, 0) is 28.5 Å². The molecule has 0 aromatic rings. The summed E-state index contributed by atoms with van der Waals surface area (Å²) in [7, 11) is 0.971. The van der Waals surface area contributed by atoms with Crippen LogP contribution in [0.5, 0.6) is 0 Å². The van der Waals surface area contributed by atoms with Gasteiger partial charge >= 0.3 is 11.9 Å². The van der Waals surface area contributed by atoms with E-state index in [4.69, 9.17) is 19.3 Å². The normalized spacial score (nSPS) is 46.6. The van der Waals surface area contributed by atoms with Crippen LogP contribution in [0.3, 0.4) is 0 Å². The minimum absolute atomic E-state index is 0.971. The van der Waals surface area contributed by atoms with Gasteiger partial charge in [-0.1, -0.05) is 0 Å². The summed E-state index contributed by atoms with van der Waals surface area (Å²) in [6.07, 6.45) is -19.1. The highest BCUT2D eigenvalue weighted by Crippen LogP contribution is 2.29. The van der Waals surface area contributed by atoms with Crippen molar-refractivity contribution in [3.63, 3.8) is 0 Å². The average Bonchev–Trinajstić information content (AvgIpc) is 2.60. The van der Waals surface area contributed by atoms with Crippen LogP contribution in [-0.4, -0.2) is 116 Å². The monoisotopic (exact) mass is 384 g/mol. The molecule has 0 saturated carbocycles. The lowest BCUT2D eigenvalue weighted by atomic mass is 9.96. The molecule has 0 spiro atoms. The molecule has 7 N–H and O–H groups in total. The third-order valence-corrected chi connectivity index (χ3v) is 4.10. The maximum absolute atomic E-state index is 11.8. The minimum Gasteiger partial charge on any atom is -0.479 e. The number of esters is 1. The molecule has 0 aliphatic carbocycles. The van der Waals surface area contributed by atoms with E-state index >= 15 is 0 Å². The summed E-state index contributed by atoms with van der Waals surface area (Å²) < 4.78 is 19.3. The first-order valence-electron chi connectivity index (χ1n) is 7.45. The van der Waals surface area contributed by atoms with E-state index < -0.39 is 73.4 Å². The van der Waals surface area contributed by atoms with Gasteiger partial charge in [0.05, 0.1) is 7.11 Å². The molecule has 0 radical (unpaired) electrons. The SMILES string of the molecule is COC(=O)[C@H]1O[C@@H](O)[C@H](O)[C@@H](O)[C@H]1O[C@H]1O[C@H](C(=O)O)[C@H](O)[C@H](O)[C@H]1O. The van der Waals surface area contributed by atoms with E-state index in [2.05, 4.69) is 4.74 Å². The first kappa shape index (κ1) is 20.9. The van der Waals surface area contributed by atoms with Crippen molar-refractivity contribution in [2.24, 2.45) is 0 Å². The lowest BCUT2D eigenvalue weighted by Crippen LogP contribution is -2.65. The molecule has 2 saturated heterocycles. The Morgan fingerprint density at radius 3 is 1.96 bits per heavy atom. The molecular formula is C13H20O13. The maximum Gasteiger partial charge on any atom is 0.337 e. The van der Waals surface area contributed by atoms with Gasteiger partial charge in [0, 0.05) is 0 Å². The topological polar surface area (TPSA) is 213 Å². The van der Waals surface area contributed by atoms with Gasteiger partial charge in [0.25, 0.3) is 0 Å². The number of ether oxygens (including phenoxy) is 4. The number of methoxy groups -OCH3 is 1. The van der Waals surface area contributed by atoms with Gasteiger partial charge in [-0.2, -0.15) is 0 Å². The summed E-state index contributed by atoms with van der Waals surface area (Å²) in [4.78, 5) is 22.8. The number of rotatable bonds is 4. The summed E-state index contributed by atoms with van der Waals surface area (Å²) >= 11 is 0. The largest absolute Gasteiger partial charge is 0.479 e. The first-order chi connectivity index (χ1) is 12.1. The van der Waals surface area contributed by atoms with Crippen LogP contribution in [0.2, 0.25) is 0 Å². The molecule has 150 valence electrons. The Morgan fingerprint density at radius 1 is 0.808 bits per heavy atom. The zero-order chi connectivity index (χ0) is 19.8. The van der Waals surface area contributed by atoms with E-state index in [0.29, 0.717) is 0 Å². The van der Waals surface area contributed by atoms with Crippen LogP contribution in [0.1, 0.15) is 0 Å². The number of aliphatic hydroxyl groups is 6. The molecule has 2 rings (SSSR count). The summed E-state index contributed by atoms with van der Waals surface area (Å²) in [6, 6.07) is 0. The van der Waals surface area contributed by atoms with Crippen molar-refractivity contribution in [2.45, 2.75) is 61.4 Å². The van der Waals surface area contributed by atoms with E-state index in [1.807, 2.05) is 0 Å². The molecule has 0 aromatic carbocycles. The number of aliphatic hydroxyl groups excluding tert-OH is 6. The van der Waals surface area contributed by atoms with Gasteiger partial charge in [-0.15, -0.1) is 0 Å². The summed E-state index contributed by atoms with van der Waals surface area (Å²) in [5.74, 6) is -2.78. The molecule has 2 fully saturated rings. The highest BCUT2D eigenvalue weighted by molar-refractivity contribution is 5.75. The van der Waals surface area contributed by atoms with Crippen LogP contribution in [0, 0.1) is 0 Å². The van der Waals surface area contributed by atoms with Gasteiger partial charge in [0.15, 0.2) is 24.8 Å². The van der Waals surface area contributed by atoms with E-state index in [0.717, 1.165) is 7.11 Å². The lowest BCUT2D eigenvalue weighted by Gasteiger charge is -2.44. The second-order valence-electron chi connectivity index (χ2n) is 5.79. The number of carboxylic acid groups (broad SMARTS) is 1. The second-order valence-corrected chi connectivity index (χ2v) is 5.79. The lowest BCUT2D eigenvalue weighted by molar-refractivity contribution is -0.346. The van der Waals surface area contributed by atoms with Crippen molar-refractivity contribution in [2.75, 3.05) is 7.11 Å². The van der Waals surface area contributed by atoms with Crippen LogP contribution in [0.15, 0.2) is 0 Å². The van der Waals surface area contributed by atoms with E-state index in [1.54, 1.807) is 0 Å². The summed E-state index contributed by atoms with van der Waals surface area (Å²) in [5, 5.41) is 67.5. The molecule has 2 heterocycles. The second kappa shape index (κ2) is 8.08. The predicted molar refractivity (Wildman–Crippen MR) is 74.1 cm³/mol. The van der Waals surface area contributed by atoms with E-state index in [1.165, 1.54) is 0 Å². The molecule has 10 atom stereocenters. The maximum atomic E-state index is 11.8. The number of carboxylic acids is 1. The fraction of sp³-hybridized carbons (Fsp3) is 0.846. The predicted octanol–water partition coefficient (Wildman–Crippen LogP) is -5.12. The summed E-state index contributed by atoms with van der Waals surface area (Å²) in [5.41, 5.74) is 0. The fourth-order valence-electron chi connectivity index (χ4n) is 2.63. The van der Waals surface area contributed by atoms with Gasteiger partial charge in [0.1, 0.15) is 36.6 Å². The molecule has 2 aliphatic heterocycles. The molecule has 26 heavy (non-hydrogen) atoms. The highest BCUT2D eigenvalue weighted by Gasteiger charge is 2.53. The first-order valence-corrected chi connectivity index (χ1v) is 7.45. The van der Waals surface area contributed by atoms with Crippen molar-refractivity contribution in [1.29, 1.82) is 0 Å². The van der Waals surface area contributed by atoms with Crippen molar-refractivity contribution in [3.05, 3.63) is 0 Å². The number of hydrogen-bond donors (Lipinski definition) is 7. The molecule has 0 aromatic heterocycles. The van der Waals surface area contributed by atoms with Crippen LogP contribution >= 0.6 is 0 Å². The summed E-state index contributed by atoms with van der Waals surface area (Å²) in [6.45, 7) is 0. The van der Waals surface area contributed by atoms with Gasteiger partial charge < -0.3 is 54.7 Å². The van der Waals surface area contributed by atoms with Crippen molar-refractivity contribution in [1.82, 2.24) is 0 Å². The van der Waals surface area contributed by atoms with Crippen LogP contribution < -0.4 is 0 Å². The third kappa shape index (κ3) is 3.80. The Bertz CT molecular complexity index is 526. The van der Waals surface area contributed by atoms with E-state index in [-0.39, 0.29) is 0 Å². The zero-order valence-corrected chi connectivity index (χ0v) is 13.4. The van der Waals surface area contributed by atoms with Gasteiger partial charge in [-0.3, -0.25) is 0 Å². The van der Waals surface area contributed by atoms with Crippen molar-refractivity contribution in [3.8, 4) is 0 Å². The number of aliphatic carboxylic acids is 1. The molecule has 13 heteroatoms. The van der Waals surface area contributed by atoms with E-state index in [9.17, 15) is 40.2 Å². The van der Waals surface area contributed by atoms with Crippen molar-refractivity contribution >= 4 is 11.9 Å².